The van der Waals surface area contributed by atoms with Crippen LogP contribution in [-0.2, 0) is 14.8 Å². The van der Waals surface area contributed by atoms with Crippen molar-refractivity contribution in [1.82, 2.24) is 10.0 Å². The normalized spacial score (nSPS) is 17.5. The molecule has 2 N–H and O–H groups in total. The van der Waals surface area contributed by atoms with Crippen molar-refractivity contribution in [2.45, 2.75) is 24.7 Å². The van der Waals surface area contributed by atoms with Crippen LogP contribution < -0.4 is 10.0 Å². The monoisotopic (exact) mass is 366 g/mol. The Morgan fingerprint density at radius 2 is 2.00 bits per heavy atom. The van der Waals surface area contributed by atoms with Gasteiger partial charge in [0.2, 0.25) is 10.0 Å². The minimum absolute atomic E-state index is 0. The van der Waals surface area contributed by atoms with Crippen LogP contribution in [0.25, 0.3) is 0 Å². The lowest BCUT2D eigenvalue weighted by Crippen LogP contribution is -2.47. The third kappa shape index (κ3) is 5.12. The number of ether oxygens (including phenoxy) is 1. The molecule has 0 bridgehead atoms. The highest BCUT2D eigenvalue weighted by atomic mass is 35.5. The summed E-state index contributed by atoms with van der Waals surface area (Å²) in [4.78, 5) is 0.121. The Kier molecular flexibility index (Phi) is 7.41. The van der Waals surface area contributed by atoms with Crippen LogP contribution in [-0.4, -0.2) is 41.8 Å². The number of halogens is 2. The van der Waals surface area contributed by atoms with E-state index >= 15 is 0 Å². The molecule has 0 aliphatic carbocycles. The SMILES string of the molecule is COCC1(CNS(=O)(=O)c2ccc(F)cc2C)CCNCC1.Cl. The van der Waals surface area contributed by atoms with E-state index in [1.54, 1.807) is 14.0 Å². The third-order valence-electron chi connectivity index (χ3n) is 4.18. The Balaban J connectivity index is 0.00000264. The zero-order chi connectivity index (χ0) is 16.2. The first-order valence-electron chi connectivity index (χ1n) is 7.34. The number of methoxy groups -OCH3 is 1. The van der Waals surface area contributed by atoms with Gasteiger partial charge in [-0.05, 0) is 56.6 Å². The van der Waals surface area contributed by atoms with Crippen molar-refractivity contribution < 1.29 is 17.5 Å². The van der Waals surface area contributed by atoms with Gasteiger partial charge in [-0.3, -0.25) is 0 Å². The largest absolute Gasteiger partial charge is 0.384 e. The van der Waals surface area contributed by atoms with Gasteiger partial charge in [0.1, 0.15) is 5.82 Å². The van der Waals surface area contributed by atoms with Crippen molar-refractivity contribution in [3.8, 4) is 0 Å². The Hall–Kier alpha value is -0.730. The van der Waals surface area contributed by atoms with Crippen molar-refractivity contribution in [3.05, 3.63) is 29.6 Å². The molecule has 0 radical (unpaired) electrons. The van der Waals surface area contributed by atoms with Crippen molar-refractivity contribution in [3.63, 3.8) is 0 Å². The second-order valence-corrected chi connectivity index (χ2v) is 7.65. The quantitative estimate of drug-likeness (QED) is 0.806. The summed E-state index contributed by atoms with van der Waals surface area (Å²) in [6.07, 6.45) is 1.71. The van der Waals surface area contributed by atoms with Crippen molar-refractivity contribution in [2.75, 3.05) is 33.4 Å². The summed E-state index contributed by atoms with van der Waals surface area (Å²) in [5.41, 5.74) is 0.208. The molecule has 0 saturated carbocycles. The summed E-state index contributed by atoms with van der Waals surface area (Å²) < 4.78 is 46.0. The van der Waals surface area contributed by atoms with Gasteiger partial charge in [0.25, 0.3) is 0 Å². The Morgan fingerprint density at radius 1 is 1.35 bits per heavy atom. The molecule has 1 heterocycles. The smallest absolute Gasteiger partial charge is 0.240 e. The summed E-state index contributed by atoms with van der Waals surface area (Å²) in [5.74, 6) is -0.439. The predicted molar refractivity (Wildman–Crippen MR) is 90.0 cm³/mol. The fraction of sp³-hybridized carbons (Fsp3) is 0.600. The van der Waals surface area contributed by atoms with E-state index in [-0.39, 0.29) is 22.7 Å². The highest BCUT2D eigenvalue weighted by Crippen LogP contribution is 2.29. The molecule has 0 aromatic heterocycles. The maximum Gasteiger partial charge on any atom is 0.240 e. The van der Waals surface area contributed by atoms with Crippen LogP contribution in [0.4, 0.5) is 4.39 Å². The third-order valence-corrected chi connectivity index (χ3v) is 5.74. The average Bonchev–Trinajstić information content (AvgIpc) is 2.46. The molecule has 1 aliphatic rings. The molecule has 2 rings (SSSR count). The first kappa shape index (κ1) is 20.3. The van der Waals surface area contributed by atoms with E-state index < -0.39 is 15.8 Å². The fourth-order valence-corrected chi connectivity index (χ4v) is 4.26. The molecule has 23 heavy (non-hydrogen) atoms. The molecule has 1 aromatic carbocycles. The Bertz CT molecular complexity index is 614. The van der Waals surface area contributed by atoms with E-state index in [0.29, 0.717) is 18.7 Å². The molecule has 0 amide bonds. The maximum absolute atomic E-state index is 13.1. The van der Waals surface area contributed by atoms with Crippen molar-refractivity contribution in [2.24, 2.45) is 5.41 Å². The van der Waals surface area contributed by atoms with Crippen LogP contribution in [0, 0.1) is 18.2 Å². The van der Waals surface area contributed by atoms with Crippen LogP contribution in [0.2, 0.25) is 0 Å². The van der Waals surface area contributed by atoms with Gasteiger partial charge in [-0.15, -0.1) is 12.4 Å². The van der Waals surface area contributed by atoms with E-state index in [2.05, 4.69) is 10.0 Å². The van der Waals surface area contributed by atoms with Gasteiger partial charge in [0.15, 0.2) is 0 Å². The van der Waals surface area contributed by atoms with E-state index in [1.165, 1.54) is 12.1 Å². The molecular formula is C15H24ClFN2O3S. The molecule has 0 unspecified atom stereocenters. The zero-order valence-electron chi connectivity index (χ0n) is 13.4. The molecular weight excluding hydrogens is 343 g/mol. The maximum atomic E-state index is 13.1. The number of piperidine rings is 1. The highest BCUT2D eigenvalue weighted by molar-refractivity contribution is 7.89. The first-order valence-corrected chi connectivity index (χ1v) is 8.82. The second kappa shape index (κ2) is 8.39. The van der Waals surface area contributed by atoms with E-state index in [4.69, 9.17) is 4.74 Å². The van der Waals surface area contributed by atoms with Crippen LogP contribution >= 0.6 is 12.4 Å². The lowest BCUT2D eigenvalue weighted by molar-refractivity contribution is 0.0577. The predicted octanol–water partition coefficient (Wildman–Crippen LogP) is 1.85. The Labute approximate surface area is 143 Å². The molecule has 5 nitrogen and oxygen atoms in total. The number of hydrogen-bond donors (Lipinski definition) is 2. The van der Waals surface area contributed by atoms with Gasteiger partial charge in [0, 0.05) is 19.1 Å². The molecule has 132 valence electrons. The zero-order valence-corrected chi connectivity index (χ0v) is 15.0. The number of rotatable bonds is 6. The molecule has 1 saturated heterocycles. The van der Waals surface area contributed by atoms with E-state index in [1.807, 2.05) is 0 Å². The van der Waals surface area contributed by atoms with Crippen LogP contribution in [0.1, 0.15) is 18.4 Å². The number of benzene rings is 1. The van der Waals surface area contributed by atoms with Gasteiger partial charge in [-0.2, -0.15) is 0 Å². The molecule has 0 atom stereocenters. The second-order valence-electron chi connectivity index (χ2n) is 5.92. The Morgan fingerprint density at radius 3 is 2.57 bits per heavy atom. The molecule has 1 aromatic rings. The van der Waals surface area contributed by atoms with Crippen molar-refractivity contribution >= 4 is 22.4 Å². The topological polar surface area (TPSA) is 67.4 Å². The van der Waals surface area contributed by atoms with E-state index in [9.17, 15) is 12.8 Å². The average molecular weight is 367 g/mol. The number of sulfonamides is 1. The molecule has 0 spiro atoms. The number of nitrogens with one attached hydrogen (secondary N) is 2. The summed E-state index contributed by atoms with van der Waals surface area (Å²) >= 11 is 0. The molecule has 1 aliphatic heterocycles. The number of aryl methyl sites for hydroxylation is 1. The summed E-state index contributed by atoms with van der Waals surface area (Å²) in [6.45, 7) is 4.12. The minimum atomic E-state index is -3.66. The van der Waals surface area contributed by atoms with Crippen molar-refractivity contribution in [1.29, 1.82) is 0 Å². The van der Waals surface area contributed by atoms with Crippen LogP contribution in [0.15, 0.2) is 23.1 Å². The molecule has 1 fully saturated rings. The minimum Gasteiger partial charge on any atom is -0.384 e. The van der Waals surface area contributed by atoms with Gasteiger partial charge in [0.05, 0.1) is 11.5 Å². The van der Waals surface area contributed by atoms with Crippen LogP contribution in [0.5, 0.6) is 0 Å². The summed E-state index contributed by atoms with van der Waals surface area (Å²) in [6, 6.07) is 3.69. The van der Waals surface area contributed by atoms with Gasteiger partial charge in [-0.1, -0.05) is 0 Å². The highest BCUT2D eigenvalue weighted by Gasteiger charge is 2.33. The molecule has 8 heteroatoms. The lowest BCUT2D eigenvalue weighted by atomic mass is 9.80. The fourth-order valence-electron chi connectivity index (χ4n) is 2.88. The van der Waals surface area contributed by atoms with Gasteiger partial charge in [-0.25, -0.2) is 17.5 Å². The first-order chi connectivity index (χ1) is 10.4. The summed E-state index contributed by atoms with van der Waals surface area (Å²) in [5, 5.41) is 3.27. The van der Waals surface area contributed by atoms with Gasteiger partial charge < -0.3 is 10.1 Å². The van der Waals surface area contributed by atoms with Gasteiger partial charge >= 0.3 is 0 Å². The summed E-state index contributed by atoms with van der Waals surface area (Å²) in [7, 11) is -2.03. The van der Waals surface area contributed by atoms with Crippen LogP contribution in [0.3, 0.4) is 0 Å². The standard InChI is InChI=1S/C15H23FN2O3S.ClH/c1-12-9-13(16)3-4-14(12)22(19,20)18-10-15(11-21-2)5-7-17-8-6-15;/h3-4,9,17-18H,5-8,10-11H2,1-2H3;1H. The number of hydrogen-bond acceptors (Lipinski definition) is 4. The van der Waals surface area contributed by atoms with E-state index in [0.717, 1.165) is 32.0 Å². The lowest BCUT2D eigenvalue weighted by Gasteiger charge is -2.37.